The average Bonchev–Trinajstić information content (AvgIpc) is 2.47. The van der Waals surface area contributed by atoms with Crippen LogP contribution >= 0.6 is 23.2 Å². The molecule has 0 amide bonds. The molecule has 0 atom stereocenters. The van der Waals surface area contributed by atoms with Gasteiger partial charge in [0, 0.05) is 22.8 Å². The first-order valence-corrected chi connectivity index (χ1v) is 7.51. The van der Waals surface area contributed by atoms with E-state index in [0.717, 1.165) is 35.0 Å². The molecule has 3 rings (SSSR count). The van der Waals surface area contributed by atoms with Crippen molar-refractivity contribution in [2.45, 2.75) is 19.8 Å². The van der Waals surface area contributed by atoms with Gasteiger partial charge in [-0.1, -0.05) is 36.5 Å². The van der Waals surface area contributed by atoms with E-state index in [9.17, 15) is 0 Å². The van der Waals surface area contributed by atoms with Crippen LogP contribution in [0.5, 0.6) is 0 Å². The van der Waals surface area contributed by atoms with Crippen LogP contribution in [-0.2, 0) is 6.42 Å². The minimum atomic E-state index is 0.447. The molecule has 2 aromatic heterocycles. The van der Waals surface area contributed by atoms with Crippen LogP contribution in [-0.4, -0.2) is 15.0 Å². The summed E-state index contributed by atoms with van der Waals surface area (Å²) in [5, 5.41) is 2.00. The van der Waals surface area contributed by atoms with Gasteiger partial charge in [-0.2, -0.15) is 0 Å². The van der Waals surface area contributed by atoms with Gasteiger partial charge < -0.3 is 0 Å². The SMILES string of the molecule is CCCc1cc(Cl)nc(-c2ccc(Cl)c3cccnc23)n1. The third-order valence-corrected chi connectivity index (χ3v) is 3.73. The van der Waals surface area contributed by atoms with Crippen molar-refractivity contribution >= 4 is 34.1 Å². The molecule has 0 aliphatic carbocycles. The van der Waals surface area contributed by atoms with E-state index < -0.39 is 0 Å². The Balaban J connectivity index is 2.23. The summed E-state index contributed by atoms with van der Waals surface area (Å²) in [6.45, 7) is 2.11. The quantitative estimate of drug-likeness (QED) is 0.641. The first-order chi connectivity index (χ1) is 10.2. The molecule has 0 bridgehead atoms. The molecule has 0 aliphatic heterocycles. The van der Waals surface area contributed by atoms with Crippen molar-refractivity contribution in [1.29, 1.82) is 0 Å². The molecule has 0 saturated carbocycles. The first kappa shape index (κ1) is 14.2. The van der Waals surface area contributed by atoms with E-state index >= 15 is 0 Å². The topological polar surface area (TPSA) is 38.7 Å². The van der Waals surface area contributed by atoms with Crippen molar-refractivity contribution in [3.63, 3.8) is 0 Å². The number of nitrogens with zero attached hydrogens (tertiary/aromatic N) is 3. The van der Waals surface area contributed by atoms with Gasteiger partial charge in [-0.15, -0.1) is 0 Å². The molecule has 3 aromatic rings. The highest BCUT2D eigenvalue weighted by atomic mass is 35.5. The molecule has 0 unspecified atom stereocenters. The molecule has 0 saturated heterocycles. The Kier molecular flexibility index (Phi) is 4.04. The number of pyridine rings is 1. The normalized spacial score (nSPS) is 11.0. The number of fused-ring (bicyclic) bond motifs is 1. The molecule has 1 aromatic carbocycles. The van der Waals surface area contributed by atoms with Crippen molar-refractivity contribution in [3.05, 3.63) is 52.4 Å². The number of rotatable bonds is 3. The molecule has 106 valence electrons. The van der Waals surface area contributed by atoms with E-state index in [1.807, 2.05) is 24.3 Å². The summed E-state index contributed by atoms with van der Waals surface area (Å²) in [5.41, 5.74) is 2.57. The zero-order valence-electron chi connectivity index (χ0n) is 11.5. The van der Waals surface area contributed by atoms with Crippen molar-refractivity contribution in [1.82, 2.24) is 15.0 Å². The fraction of sp³-hybridized carbons (Fsp3) is 0.188. The summed E-state index contributed by atoms with van der Waals surface area (Å²) in [4.78, 5) is 13.3. The van der Waals surface area contributed by atoms with Gasteiger partial charge in [0.25, 0.3) is 0 Å². The first-order valence-electron chi connectivity index (χ1n) is 6.76. The smallest absolute Gasteiger partial charge is 0.163 e. The molecule has 0 N–H and O–H groups in total. The Morgan fingerprint density at radius 3 is 2.76 bits per heavy atom. The largest absolute Gasteiger partial charge is 0.255 e. The minimum absolute atomic E-state index is 0.447. The van der Waals surface area contributed by atoms with Crippen molar-refractivity contribution in [3.8, 4) is 11.4 Å². The maximum Gasteiger partial charge on any atom is 0.163 e. The van der Waals surface area contributed by atoms with Gasteiger partial charge in [-0.3, -0.25) is 4.98 Å². The second-order valence-electron chi connectivity index (χ2n) is 4.75. The number of aryl methyl sites for hydroxylation is 1. The van der Waals surface area contributed by atoms with Crippen LogP contribution in [0.2, 0.25) is 10.2 Å². The van der Waals surface area contributed by atoms with Gasteiger partial charge in [0.1, 0.15) is 5.15 Å². The van der Waals surface area contributed by atoms with Crippen LogP contribution in [0.4, 0.5) is 0 Å². The second-order valence-corrected chi connectivity index (χ2v) is 5.54. The third-order valence-electron chi connectivity index (χ3n) is 3.21. The van der Waals surface area contributed by atoms with Gasteiger partial charge in [-0.25, -0.2) is 9.97 Å². The summed E-state index contributed by atoms with van der Waals surface area (Å²) >= 11 is 12.3. The van der Waals surface area contributed by atoms with Crippen LogP contribution in [0, 0.1) is 0 Å². The number of hydrogen-bond donors (Lipinski definition) is 0. The van der Waals surface area contributed by atoms with Crippen LogP contribution in [0.25, 0.3) is 22.3 Å². The Labute approximate surface area is 133 Å². The number of aromatic nitrogens is 3. The lowest BCUT2D eigenvalue weighted by Crippen LogP contribution is -1.97. The maximum absolute atomic E-state index is 6.22. The monoisotopic (exact) mass is 317 g/mol. The fourth-order valence-corrected chi connectivity index (χ4v) is 2.71. The molecule has 2 heterocycles. The predicted octanol–water partition coefficient (Wildman–Crippen LogP) is 4.95. The molecule has 5 heteroatoms. The molecule has 3 nitrogen and oxygen atoms in total. The van der Waals surface area contributed by atoms with Crippen molar-refractivity contribution in [2.24, 2.45) is 0 Å². The third kappa shape index (κ3) is 2.85. The van der Waals surface area contributed by atoms with Crippen LogP contribution in [0.1, 0.15) is 19.0 Å². The lowest BCUT2D eigenvalue weighted by atomic mass is 10.1. The highest BCUT2D eigenvalue weighted by Crippen LogP contribution is 2.30. The molecular weight excluding hydrogens is 305 g/mol. The van der Waals surface area contributed by atoms with E-state index in [1.54, 1.807) is 12.3 Å². The standard InChI is InChI=1S/C16H13Cl2N3/c1-2-4-10-9-14(18)21-16(20-10)12-6-7-13(17)11-5-3-8-19-15(11)12/h3,5-9H,2,4H2,1H3. The maximum atomic E-state index is 6.22. The van der Waals surface area contributed by atoms with Gasteiger partial charge in [0.05, 0.1) is 10.5 Å². The minimum Gasteiger partial charge on any atom is -0.255 e. The molecule has 0 spiro atoms. The van der Waals surface area contributed by atoms with Crippen LogP contribution in [0.3, 0.4) is 0 Å². The highest BCUT2D eigenvalue weighted by molar-refractivity contribution is 6.35. The number of hydrogen-bond acceptors (Lipinski definition) is 3. The Morgan fingerprint density at radius 1 is 1.10 bits per heavy atom. The summed E-state index contributed by atoms with van der Waals surface area (Å²) in [5.74, 6) is 0.589. The van der Waals surface area contributed by atoms with Gasteiger partial charge >= 0.3 is 0 Å². The summed E-state index contributed by atoms with van der Waals surface area (Å²) < 4.78 is 0. The Morgan fingerprint density at radius 2 is 1.95 bits per heavy atom. The zero-order chi connectivity index (χ0) is 14.8. The molecule has 0 radical (unpaired) electrons. The fourth-order valence-electron chi connectivity index (χ4n) is 2.29. The van der Waals surface area contributed by atoms with E-state index in [2.05, 4.69) is 21.9 Å². The summed E-state index contributed by atoms with van der Waals surface area (Å²) in [7, 11) is 0. The van der Waals surface area contributed by atoms with Crippen LogP contribution < -0.4 is 0 Å². The number of halogens is 2. The highest BCUT2D eigenvalue weighted by Gasteiger charge is 2.12. The van der Waals surface area contributed by atoms with Crippen molar-refractivity contribution in [2.75, 3.05) is 0 Å². The summed E-state index contributed by atoms with van der Waals surface area (Å²) in [6.07, 6.45) is 3.61. The van der Waals surface area contributed by atoms with Crippen LogP contribution in [0.15, 0.2) is 36.5 Å². The van der Waals surface area contributed by atoms with E-state index in [1.165, 1.54) is 0 Å². The molecule has 0 fully saturated rings. The molecule has 21 heavy (non-hydrogen) atoms. The predicted molar refractivity (Wildman–Crippen MR) is 86.8 cm³/mol. The van der Waals surface area contributed by atoms with Crippen molar-refractivity contribution < 1.29 is 0 Å². The summed E-state index contributed by atoms with van der Waals surface area (Å²) in [6, 6.07) is 9.33. The van der Waals surface area contributed by atoms with E-state index in [-0.39, 0.29) is 0 Å². The van der Waals surface area contributed by atoms with Gasteiger partial charge in [0.15, 0.2) is 5.82 Å². The average molecular weight is 318 g/mol. The van der Waals surface area contributed by atoms with Gasteiger partial charge in [0.2, 0.25) is 0 Å². The Hall–Kier alpha value is -1.71. The van der Waals surface area contributed by atoms with Gasteiger partial charge in [-0.05, 0) is 36.8 Å². The van der Waals surface area contributed by atoms with E-state index in [0.29, 0.717) is 16.0 Å². The molecular formula is C16H13Cl2N3. The Bertz CT molecular complexity index is 803. The second kappa shape index (κ2) is 5.96. The zero-order valence-corrected chi connectivity index (χ0v) is 13.0. The lowest BCUT2D eigenvalue weighted by molar-refractivity contribution is 0.875. The lowest BCUT2D eigenvalue weighted by Gasteiger charge is -2.08. The molecule has 0 aliphatic rings. The van der Waals surface area contributed by atoms with E-state index in [4.69, 9.17) is 23.2 Å². The number of benzene rings is 1.